The number of primary amides is 1. The molecular formula is C11H23N3O. The summed E-state index contributed by atoms with van der Waals surface area (Å²) in [5, 5.41) is 0. The van der Waals surface area contributed by atoms with Gasteiger partial charge in [-0.2, -0.15) is 0 Å². The Balaban J connectivity index is 2.58. The normalized spacial score (nSPS) is 26.9. The quantitative estimate of drug-likeness (QED) is 0.690. The molecule has 1 aliphatic carbocycles. The lowest BCUT2D eigenvalue weighted by Crippen LogP contribution is -2.48. The Morgan fingerprint density at radius 2 is 2.07 bits per heavy atom. The van der Waals surface area contributed by atoms with Crippen molar-refractivity contribution in [2.45, 2.75) is 38.6 Å². The van der Waals surface area contributed by atoms with Gasteiger partial charge >= 0.3 is 0 Å². The van der Waals surface area contributed by atoms with E-state index in [1.165, 1.54) is 19.3 Å². The third-order valence-corrected chi connectivity index (χ3v) is 3.41. The van der Waals surface area contributed by atoms with Gasteiger partial charge in [0.15, 0.2) is 0 Å². The molecule has 1 saturated carbocycles. The lowest BCUT2D eigenvalue weighted by atomic mass is 9.83. The SMILES string of the molecule is CCN(CC(N)=O)C1CCCCC1CN. The minimum Gasteiger partial charge on any atom is -0.369 e. The molecule has 1 amide bonds. The van der Waals surface area contributed by atoms with Gasteiger partial charge in [0.05, 0.1) is 6.54 Å². The van der Waals surface area contributed by atoms with Crippen LogP contribution in [-0.2, 0) is 4.79 Å². The molecule has 1 rings (SSSR count). The number of likely N-dealkylation sites (N-methyl/N-ethyl adjacent to an activating group) is 1. The molecule has 4 N–H and O–H groups in total. The maximum absolute atomic E-state index is 11.0. The van der Waals surface area contributed by atoms with Gasteiger partial charge in [-0.3, -0.25) is 9.69 Å². The Bertz CT molecular complexity index is 208. The van der Waals surface area contributed by atoms with Crippen molar-refractivity contribution in [1.29, 1.82) is 0 Å². The van der Waals surface area contributed by atoms with Gasteiger partial charge < -0.3 is 11.5 Å². The van der Waals surface area contributed by atoms with Crippen LogP contribution < -0.4 is 11.5 Å². The van der Waals surface area contributed by atoms with Crippen LogP contribution in [0.4, 0.5) is 0 Å². The van der Waals surface area contributed by atoms with Gasteiger partial charge in [0.2, 0.25) is 5.91 Å². The fraction of sp³-hybridized carbons (Fsp3) is 0.909. The molecule has 0 saturated heterocycles. The highest BCUT2D eigenvalue weighted by atomic mass is 16.1. The summed E-state index contributed by atoms with van der Waals surface area (Å²) in [7, 11) is 0. The second-order valence-electron chi connectivity index (χ2n) is 4.38. The molecule has 0 aromatic carbocycles. The Hall–Kier alpha value is -0.610. The van der Waals surface area contributed by atoms with Crippen LogP contribution in [0.5, 0.6) is 0 Å². The highest BCUT2D eigenvalue weighted by molar-refractivity contribution is 5.75. The van der Waals surface area contributed by atoms with E-state index in [1.807, 2.05) is 0 Å². The van der Waals surface area contributed by atoms with E-state index in [4.69, 9.17) is 11.5 Å². The van der Waals surface area contributed by atoms with E-state index in [9.17, 15) is 4.79 Å². The number of carbonyl (C=O) groups is 1. The highest BCUT2D eigenvalue weighted by Crippen LogP contribution is 2.27. The molecule has 0 aromatic heterocycles. The summed E-state index contributed by atoms with van der Waals surface area (Å²) < 4.78 is 0. The van der Waals surface area contributed by atoms with E-state index < -0.39 is 0 Å². The maximum atomic E-state index is 11.0. The summed E-state index contributed by atoms with van der Waals surface area (Å²) in [5.41, 5.74) is 11.0. The van der Waals surface area contributed by atoms with Crippen molar-refractivity contribution < 1.29 is 4.79 Å². The summed E-state index contributed by atoms with van der Waals surface area (Å²) in [6.45, 7) is 4.05. The van der Waals surface area contributed by atoms with Crippen LogP contribution in [0.1, 0.15) is 32.6 Å². The number of hydrogen-bond acceptors (Lipinski definition) is 3. The average molecular weight is 213 g/mol. The molecule has 0 aromatic rings. The molecule has 0 spiro atoms. The third-order valence-electron chi connectivity index (χ3n) is 3.41. The molecule has 0 aliphatic heterocycles. The molecule has 0 radical (unpaired) electrons. The number of nitrogens with two attached hydrogens (primary N) is 2. The zero-order chi connectivity index (χ0) is 11.3. The monoisotopic (exact) mass is 213 g/mol. The number of amides is 1. The van der Waals surface area contributed by atoms with Crippen LogP contribution in [0.25, 0.3) is 0 Å². The van der Waals surface area contributed by atoms with Crippen molar-refractivity contribution in [3.63, 3.8) is 0 Å². The number of nitrogens with zero attached hydrogens (tertiary/aromatic N) is 1. The first-order chi connectivity index (χ1) is 7.19. The van der Waals surface area contributed by atoms with Gasteiger partial charge in [-0.15, -0.1) is 0 Å². The van der Waals surface area contributed by atoms with Crippen molar-refractivity contribution >= 4 is 5.91 Å². The van der Waals surface area contributed by atoms with Crippen LogP contribution in [0.2, 0.25) is 0 Å². The number of rotatable bonds is 5. The van der Waals surface area contributed by atoms with Crippen molar-refractivity contribution in [3.8, 4) is 0 Å². The first kappa shape index (κ1) is 12.5. The van der Waals surface area contributed by atoms with Crippen molar-refractivity contribution in [3.05, 3.63) is 0 Å². The van der Waals surface area contributed by atoms with E-state index in [0.717, 1.165) is 19.5 Å². The van der Waals surface area contributed by atoms with Gasteiger partial charge in [-0.1, -0.05) is 19.8 Å². The summed E-state index contributed by atoms with van der Waals surface area (Å²) >= 11 is 0. The summed E-state index contributed by atoms with van der Waals surface area (Å²) in [4.78, 5) is 13.1. The standard InChI is InChI=1S/C11H23N3O/c1-2-14(8-11(13)15)10-6-4-3-5-9(10)7-12/h9-10H,2-8,12H2,1H3,(H2,13,15). The topological polar surface area (TPSA) is 72.3 Å². The molecule has 2 atom stereocenters. The fourth-order valence-corrected chi connectivity index (χ4v) is 2.61. The third kappa shape index (κ3) is 3.47. The zero-order valence-corrected chi connectivity index (χ0v) is 9.61. The predicted octanol–water partition coefficient (Wildman–Crippen LogP) is 0.311. The van der Waals surface area contributed by atoms with E-state index in [0.29, 0.717) is 18.5 Å². The largest absolute Gasteiger partial charge is 0.369 e. The highest BCUT2D eigenvalue weighted by Gasteiger charge is 2.28. The molecule has 0 bridgehead atoms. The zero-order valence-electron chi connectivity index (χ0n) is 9.61. The molecular weight excluding hydrogens is 190 g/mol. The second kappa shape index (κ2) is 6.08. The summed E-state index contributed by atoms with van der Waals surface area (Å²) in [5.74, 6) is 0.302. The number of carbonyl (C=O) groups excluding carboxylic acids is 1. The Kier molecular flexibility index (Phi) is 5.05. The molecule has 4 nitrogen and oxygen atoms in total. The molecule has 1 aliphatic rings. The van der Waals surface area contributed by atoms with Gasteiger partial charge in [-0.25, -0.2) is 0 Å². The molecule has 1 fully saturated rings. The minimum absolute atomic E-state index is 0.238. The summed E-state index contributed by atoms with van der Waals surface area (Å²) in [6, 6.07) is 0.459. The molecule has 15 heavy (non-hydrogen) atoms. The predicted molar refractivity (Wildman–Crippen MR) is 61.2 cm³/mol. The van der Waals surface area contributed by atoms with Crippen LogP contribution in [0.3, 0.4) is 0 Å². The van der Waals surface area contributed by atoms with Gasteiger partial charge in [0, 0.05) is 6.04 Å². The minimum atomic E-state index is -0.238. The fourth-order valence-electron chi connectivity index (χ4n) is 2.61. The van der Waals surface area contributed by atoms with Crippen molar-refractivity contribution in [2.24, 2.45) is 17.4 Å². The van der Waals surface area contributed by atoms with Gasteiger partial charge in [0.1, 0.15) is 0 Å². The second-order valence-corrected chi connectivity index (χ2v) is 4.38. The van der Waals surface area contributed by atoms with Crippen LogP contribution in [-0.4, -0.2) is 36.5 Å². The van der Waals surface area contributed by atoms with Gasteiger partial charge in [0.25, 0.3) is 0 Å². The van der Waals surface area contributed by atoms with E-state index in [2.05, 4.69) is 11.8 Å². The molecule has 2 unspecified atom stereocenters. The van der Waals surface area contributed by atoms with E-state index in [1.54, 1.807) is 0 Å². The average Bonchev–Trinajstić information content (AvgIpc) is 2.25. The molecule has 4 heteroatoms. The Morgan fingerprint density at radius 1 is 1.40 bits per heavy atom. The first-order valence-corrected chi connectivity index (χ1v) is 5.91. The first-order valence-electron chi connectivity index (χ1n) is 5.91. The van der Waals surface area contributed by atoms with Crippen molar-refractivity contribution in [1.82, 2.24) is 4.90 Å². The van der Waals surface area contributed by atoms with E-state index in [-0.39, 0.29) is 5.91 Å². The van der Waals surface area contributed by atoms with Crippen LogP contribution >= 0.6 is 0 Å². The molecule has 0 heterocycles. The van der Waals surface area contributed by atoms with Gasteiger partial charge in [-0.05, 0) is 31.8 Å². The summed E-state index contributed by atoms with van der Waals surface area (Å²) in [6.07, 6.45) is 4.86. The van der Waals surface area contributed by atoms with Crippen LogP contribution in [0.15, 0.2) is 0 Å². The van der Waals surface area contributed by atoms with Crippen molar-refractivity contribution in [2.75, 3.05) is 19.6 Å². The maximum Gasteiger partial charge on any atom is 0.231 e. The van der Waals surface area contributed by atoms with Crippen LogP contribution in [0, 0.1) is 5.92 Å². The Morgan fingerprint density at radius 3 is 2.60 bits per heavy atom. The lowest BCUT2D eigenvalue weighted by Gasteiger charge is -2.38. The number of hydrogen-bond donors (Lipinski definition) is 2. The molecule has 88 valence electrons. The Labute approximate surface area is 92.0 Å². The van der Waals surface area contributed by atoms with E-state index >= 15 is 0 Å². The smallest absolute Gasteiger partial charge is 0.231 e. The lowest BCUT2D eigenvalue weighted by molar-refractivity contribution is -0.120.